The van der Waals surface area contributed by atoms with Crippen molar-refractivity contribution in [1.29, 1.82) is 0 Å². The monoisotopic (exact) mass is 359 g/mol. The number of carboxylic acids is 1. The third-order valence-corrected chi connectivity index (χ3v) is 3.97. The molecule has 0 aliphatic rings. The number of hydrogen-bond acceptors (Lipinski definition) is 3. The van der Waals surface area contributed by atoms with Gasteiger partial charge in [-0.15, -0.1) is 0 Å². The van der Waals surface area contributed by atoms with Crippen LogP contribution in [0.2, 0.25) is 0 Å². The van der Waals surface area contributed by atoms with Crippen molar-refractivity contribution in [2.75, 3.05) is 0 Å². The van der Waals surface area contributed by atoms with Crippen molar-refractivity contribution < 1.29 is 19.8 Å². The van der Waals surface area contributed by atoms with Gasteiger partial charge >= 0.3 is 5.97 Å². The molecule has 27 heavy (non-hydrogen) atoms. The van der Waals surface area contributed by atoms with E-state index in [0.29, 0.717) is 16.7 Å². The SMILES string of the molecule is O=C(O)/C(=C\c1cccc(-c2ccccc2)c1O)NC(=O)c1ccccc1. The lowest BCUT2D eigenvalue weighted by molar-refractivity contribution is -0.132. The van der Waals surface area contributed by atoms with Crippen LogP contribution < -0.4 is 5.32 Å². The topological polar surface area (TPSA) is 86.6 Å². The van der Waals surface area contributed by atoms with Crippen LogP contribution in [-0.4, -0.2) is 22.1 Å². The Bertz CT molecular complexity index is 995. The van der Waals surface area contributed by atoms with Crippen molar-refractivity contribution in [3.05, 3.63) is 95.7 Å². The van der Waals surface area contributed by atoms with E-state index in [1.165, 1.54) is 6.08 Å². The van der Waals surface area contributed by atoms with E-state index >= 15 is 0 Å². The minimum absolute atomic E-state index is 0.0589. The zero-order valence-electron chi connectivity index (χ0n) is 14.3. The van der Waals surface area contributed by atoms with Crippen molar-refractivity contribution in [2.24, 2.45) is 0 Å². The lowest BCUT2D eigenvalue weighted by Crippen LogP contribution is -2.27. The number of amides is 1. The molecule has 0 bridgehead atoms. The molecule has 134 valence electrons. The van der Waals surface area contributed by atoms with E-state index in [4.69, 9.17) is 0 Å². The van der Waals surface area contributed by atoms with E-state index in [-0.39, 0.29) is 11.4 Å². The summed E-state index contributed by atoms with van der Waals surface area (Å²) in [5.74, 6) is -1.90. The molecule has 0 unspecified atom stereocenters. The molecule has 1 amide bonds. The molecule has 5 heteroatoms. The highest BCUT2D eigenvalue weighted by atomic mass is 16.4. The lowest BCUT2D eigenvalue weighted by Gasteiger charge is -2.10. The molecule has 0 saturated carbocycles. The number of carbonyl (C=O) groups is 2. The highest BCUT2D eigenvalue weighted by Gasteiger charge is 2.15. The van der Waals surface area contributed by atoms with Crippen LogP contribution in [0.15, 0.2) is 84.6 Å². The van der Waals surface area contributed by atoms with Gasteiger partial charge in [0, 0.05) is 16.7 Å². The number of nitrogens with one attached hydrogen (secondary N) is 1. The Kier molecular flexibility index (Phi) is 5.33. The molecule has 0 radical (unpaired) electrons. The summed E-state index contributed by atoms with van der Waals surface area (Å²) in [6.45, 7) is 0. The molecule has 3 aromatic carbocycles. The lowest BCUT2D eigenvalue weighted by atomic mass is 10.0. The number of aromatic hydroxyl groups is 1. The van der Waals surface area contributed by atoms with Gasteiger partial charge in [-0.1, -0.05) is 66.7 Å². The van der Waals surface area contributed by atoms with Crippen LogP contribution in [0.4, 0.5) is 0 Å². The summed E-state index contributed by atoms with van der Waals surface area (Å²) in [5.41, 5.74) is 1.68. The van der Waals surface area contributed by atoms with Gasteiger partial charge < -0.3 is 15.5 Å². The number of hydrogen-bond donors (Lipinski definition) is 3. The van der Waals surface area contributed by atoms with Crippen molar-refractivity contribution in [2.45, 2.75) is 0 Å². The minimum Gasteiger partial charge on any atom is -0.507 e. The smallest absolute Gasteiger partial charge is 0.352 e. The van der Waals surface area contributed by atoms with E-state index in [1.807, 2.05) is 30.3 Å². The van der Waals surface area contributed by atoms with Crippen molar-refractivity contribution >= 4 is 18.0 Å². The minimum atomic E-state index is -1.30. The van der Waals surface area contributed by atoms with Gasteiger partial charge in [0.15, 0.2) is 0 Å². The van der Waals surface area contributed by atoms with Gasteiger partial charge in [-0.25, -0.2) is 4.79 Å². The van der Waals surface area contributed by atoms with Crippen LogP contribution in [0.3, 0.4) is 0 Å². The maximum atomic E-state index is 12.2. The molecule has 0 aromatic heterocycles. The molecule has 5 nitrogen and oxygen atoms in total. The van der Waals surface area contributed by atoms with Crippen LogP contribution in [0.25, 0.3) is 17.2 Å². The second-order valence-corrected chi connectivity index (χ2v) is 5.79. The Morgan fingerprint density at radius 3 is 2.07 bits per heavy atom. The second kappa shape index (κ2) is 8.01. The van der Waals surface area contributed by atoms with Gasteiger partial charge in [0.25, 0.3) is 5.91 Å². The van der Waals surface area contributed by atoms with Gasteiger partial charge in [-0.3, -0.25) is 4.79 Å². The third kappa shape index (κ3) is 4.22. The summed E-state index contributed by atoms with van der Waals surface area (Å²) < 4.78 is 0. The molecular weight excluding hydrogens is 342 g/mol. The standard InChI is InChI=1S/C22H17NO4/c24-20-17(12-7-13-18(20)15-8-3-1-4-9-15)14-19(22(26)27)23-21(25)16-10-5-2-6-11-16/h1-14,24H,(H,23,25)(H,26,27)/b19-14+. The number of carbonyl (C=O) groups excluding carboxylic acids is 1. The normalized spacial score (nSPS) is 11.0. The van der Waals surface area contributed by atoms with Crippen molar-refractivity contribution in [3.63, 3.8) is 0 Å². The number of rotatable bonds is 5. The first-order valence-electron chi connectivity index (χ1n) is 8.25. The molecule has 3 N–H and O–H groups in total. The highest BCUT2D eigenvalue weighted by molar-refractivity contribution is 6.03. The Balaban J connectivity index is 1.95. The zero-order chi connectivity index (χ0) is 19.2. The van der Waals surface area contributed by atoms with Gasteiger partial charge in [0.2, 0.25) is 0 Å². The molecule has 0 saturated heterocycles. The number of aliphatic carboxylic acids is 1. The number of benzene rings is 3. The summed E-state index contributed by atoms with van der Waals surface area (Å²) >= 11 is 0. The van der Waals surface area contributed by atoms with Gasteiger partial charge in [0.05, 0.1) is 0 Å². The number of phenols is 1. The first-order chi connectivity index (χ1) is 13.1. The quantitative estimate of drug-likeness (QED) is 0.603. The number of para-hydroxylation sites is 1. The fourth-order valence-electron chi connectivity index (χ4n) is 2.62. The fourth-order valence-corrected chi connectivity index (χ4v) is 2.62. The van der Waals surface area contributed by atoms with E-state index in [2.05, 4.69) is 5.32 Å². The van der Waals surface area contributed by atoms with Crippen molar-refractivity contribution in [1.82, 2.24) is 5.32 Å². The molecule has 3 aromatic rings. The fraction of sp³-hybridized carbons (Fsp3) is 0. The van der Waals surface area contributed by atoms with E-state index < -0.39 is 11.9 Å². The van der Waals surface area contributed by atoms with E-state index in [0.717, 1.165) is 5.56 Å². The Labute approximate surface area is 156 Å². The molecule has 0 fully saturated rings. The number of phenolic OH excluding ortho intramolecular Hbond substituents is 1. The molecule has 0 spiro atoms. The maximum absolute atomic E-state index is 12.2. The summed E-state index contributed by atoms with van der Waals surface area (Å²) in [4.78, 5) is 23.8. The predicted molar refractivity (Wildman–Crippen MR) is 103 cm³/mol. The summed E-state index contributed by atoms with van der Waals surface area (Å²) in [5, 5.41) is 22.4. The van der Waals surface area contributed by atoms with E-state index in [9.17, 15) is 19.8 Å². The average molecular weight is 359 g/mol. The second-order valence-electron chi connectivity index (χ2n) is 5.79. The molecule has 0 aliphatic carbocycles. The number of carboxylic acid groups (broad SMARTS) is 1. The van der Waals surface area contributed by atoms with Crippen LogP contribution in [0, 0.1) is 0 Å². The zero-order valence-corrected chi connectivity index (χ0v) is 14.3. The molecule has 0 aliphatic heterocycles. The Hall–Kier alpha value is -3.86. The van der Waals surface area contributed by atoms with Crippen LogP contribution in [0.5, 0.6) is 5.75 Å². The molecular formula is C22H17NO4. The summed E-state index contributed by atoms with van der Waals surface area (Å²) in [6, 6.07) is 22.6. The molecule has 0 atom stereocenters. The first-order valence-corrected chi connectivity index (χ1v) is 8.25. The molecule has 3 rings (SSSR count). The van der Waals surface area contributed by atoms with Crippen LogP contribution in [0.1, 0.15) is 15.9 Å². The van der Waals surface area contributed by atoms with Gasteiger partial charge in [-0.2, -0.15) is 0 Å². The largest absolute Gasteiger partial charge is 0.507 e. The van der Waals surface area contributed by atoms with Gasteiger partial charge in [0.1, 0.15) is 11.4 Å². The predicted octanol–water partition coefficient (Wildman–Crippen LogP) is 3.91. The van der Waals surface area contributed by atoms with E-state index in [1.54, 1.807) is 48.5 Å². The van der Waals surface area contributed by atoms with Crippen LogP contribution in [-0.2, 0) is 4.79 Å². The summed E-state index contributed by atoms with van der Waals surface area (Å²) in [6.07, 6.45) is 1.24. The first kappa shape index (κ1) is 17.9. The molecule has 0 heterocycles. The maximum Gasteiger partial charge on any atom is 0.352 e. The highest BCUT2D eigenvalue weighted by Crippen LogP contribution is 2.33. The third-order valence-electron chi connectivity index (χ3n) is 3.97. The van der Waals surface area contributed by atoms with Crippen LogP contribution >= 0.6 is 0 Å². The Morgan fingerprint density at radius 1 is 0.815 bits per heavy atom. The van der Waals surface area contributed by atoms with Crippen molar-refractivity contribution in [3.8, 4) is 16.9 Å². The summed E-state index contributed by atoms with van der Waals surface area (Å²) in [7, 11) is 0. The van der Waals surface area contributed by atoms with Gasteiger partial charge in [-0.05, 0) is 23.8 Å². The average Bonchev–Trinajstić information content (AvgIpc) is 2.70. The Morgan fingerprint density at radius 2 is 1.44 bits per heavy atom.